The highest BCUT2D eigenvalue weighted by atomic mass is 79.9. The average Bonchev–Trinajstić information content (AvgIpc) is 2.61. The quantitative estimate of drug-likeness (QED) is 0.394. The van der Waals surface area contributed by atoms with Crippen molar-refractivity contribution in [3.63, 3.8) is 0 Å². The third kappa shape index (κ3) is 5.41. The number of ether oxygens (including phenoxy) is 2. The van der Waals surface area contributed by atoms with Crippen LogP contribution in [0.3, 0.4) is 0 Å². The van der Waals surface area contributed by atoms with Crippen LogP contribution in [0.1, 0.15) is 28.8 Å². The van der Waals surface area contributed by atoms with Crippen molar-refractivity contribution in [3.8, 4) is 5.75 Å². The molecule has 0 spiro atoms. The Morgan fingerprint density at radius 3 is 2.28 bits per heavy atom. The number of carbonyl (C=O) groups excluding carboxylic acids is 3. The molecular formula is C18H14BrClO5. The van der Waals surface area contributed by atoms with E-state index in [2.05, 4.69) is 20.7 Å². The van der Waals surface area contributed by atoms with Crippen LogP contribution in [-0.4, -0.2) is 24.8 Å². The second-order valence-electron chi connectivity index (χ2n) is 5.03. The molecule has 130 valence electrons. The lowest BCUT2D eigenvalue weighted by atomic mass is 10.0. The zero-order valence-corrected chi connectivity index (χ0v) is 15.6. The lowest BCUT2D eigenvalue weighted by molar-refractivity contribution is -0.144. The van der Waals surface area contributed by atoms with E-state index in [0.29, 0.717) is 15.1 Å². The maximum absolute atomic E-state index is 12.7. The van der Waals surface area contributed by atoms with Crippen molar-refractivity contribution in [2.75, 3.05) is 7.11 Å². The molecule has 0 aromatic heterocycles. The fraction of sp³-hybridized carbons (Fsp3) is 0.167. The van der Waals surface area contributed by atoms with E-state index in [9.17, 15) is 14.4 Å². The highest BCUT2D eigenvalue weighted by Crippen LogP contribution is 2.27. The molecule has 0 aliphatic carbocycles. The number of hydrogen-bond donors (Lipinski definition) is 0. The van der Waals surface area contributed by atoms with Crippen LogP contribution in [0.25, 0.3) is 0 Å². The molecule has 0 unspecified atom stereocenters. The SMILES string of the molecule is COC(=O)CCC(=O)Oc1ccc(Br)cc1C(=O)c1ccc(Cl)cc1. The second-order valence-corrected chi connectivity index (χ2v) is 6.38. The molecule has 0 amide bonds. The summed E-state index contributed by atoms with van der Waals surface area (Å²) >= 11 is 9.13. The van der Waals surface area contributed by atoms with Gasteiger partial charge in [0, 0.05) is 15.1 Å². The molecule has 0 saturated heterocycles. The van der Waals surface area contributed by atoms with Gasteiger partial charge in [0.25, 0.3) is 0 Å². The fourth-order valence-corrected chi connectivity index (χ4v) is 2.49. The maximum atomic E-state index is 12.7. The smallest absolute Gasteiger partial charge is 0.311 e. The predicted octanol–water partition coefficient (Wildman–Crippen LogP) is 4.19. The van der Waals surface area contributed by atoms with E-state index in [-0.39, 0.29) is 29.9 Å². The summed E-state index contributed by atoms with van der Waals surface area (Å²) in [5.41, 5.74) is 0.637. The van der Waals surface area contributed by atoms with E-state index >= 15 is 0 Å². The summed E-state index contributed by atoms with van der Waals surface area (Å²) in [6, 6.07) is 11.1. The van der Waals surface area contributed by atoms with Crippen molar-refractivity contribution in [3.05, 3.63) is 63.1 Å². The van der Waals surface area contributed by atoms with E-state index in [1.807, 2.05) is 0 Å². The van der Waals surface area contributed by atoms with Gasteiger partial charge < -0.3 is 9.47 Å². The molecule has 0 aliphatic heterocycles. The van der Waals surface area contributed by atoms with E-state index < -0.39 is 11.9 Å². The highest BCUT2D eigenvalue weighted by molar-refractivity contribution is 9.10. The van der Waals surface area contributed by atoms with Crippen LogP contribution in [0.2, 0.25) is 5.02 Å². The van der Waals surface area contributed by atoms with Crippen LogP contribution in [0.5, 0.6) is 5.75 Å². The van der Waals surface area contributed by atoms with Gasteiger partial charge in [-0.15, -0.1) is 0 Å². The van der Waals surface area contributed by atoms with Crippen molar-refractivity contribution >= 4 is 45.3 Å². The number of carbonyl (C=O) groups is 3. The first kappa shape index (κ1) is 19.1. The molecule has 5 nitrogen and oxygen atoms in total. The van der Waals surface area contributed by atoms with Crippen molar-refractivity contribution in [1.29, 1.82) is 0 Å². The van der Waals surface area contributed by atoms with Gasteiger partial charge in [0.15, 0.2) is 5.78 Å². The average molecular weight is 426 g/mol. The summed E-state index contributed by atoms with van der Waals surface area (Å²) in [5, 5.41) is 0.514. The number of benzene rings is 2. The minimum Gasteiger partial charge on any atom is -0.469 e. The maximum Gasteiger partial charge on any atom is 0.311 e. The second kappa shape index (κ2) is 8.78. The summed E-state index contributed by atoms with van der Waals surface area (Å²) < 4.78 is 10.4. The van der Waals surface area contributed by atoms with Gasteiger partial charge in [-0.3, -0.25) is 14.4 Å². The monoisotopic (exact) mass is 424 g/mol. The molecule has 2 aromatic carbocycles. The molecule has 0 N–H and O–H groups in total. The topological polar surface area (TPSA) is 69.7 Å². The molecular weight excluding hydrogens is 412 g/mol. The Hall–Kier alpha value is -2.18. The Morgan fingerprint density at radius 1 is 1.00 bits per heavy atom. The van der Waals surface area contributed by atoms with Crippen molar-refractivity contribution < 1.29 is 23.9 Å². The molecule has 0 saturated carbocycles. The molecule has 0 heterocycles. The molecule has 0 fully saturated rings. The number of esters is 2. The molecule has 0 aliphatic rings. The fourth-order valence-electron chi connectivity index (χ4n) is 2.01. The molecule has 7 heteroatoms. The van der Waals surface area contributed by atoms with Gasteiger partial charge in [-0.2, -0.15) is 0 Å². The number of halogens is 2. The number of rotatable bonds is 6. The van der Waals surface area contributed by atoms with Gasteiger partial charge in [0.1, 0.15) is 5.75 Å². The van der Waals surface area contributed by atoms with Crippen LogP contribution < -0.4 is 4.74 Å². The van der Waals surface area contributed by atoms with Crippen LogP contribution in [0.15, 0.2) is 46.9 Å². The Bertz CT molecular complexity index is 802. The van der Waals surface area contributed by atoms with E-state index in [1.54, 1.807) is 36.4 Å². The van der Waals surface area contributed by atoms with Crippen LogP contribution >= 0.6 is 27.5 Å². The van der Waals surface area contributed by atoms with Gasteiger partial charge >= 0.3 is 11.9 Å². The van der Waals surface area contributed by atoms with E-state index in [1.165, 1.54) is 13.2 Å². The minimum absolute atomic E-state index is 0.0909. The Morgan fingerprint density at radius 2 is 1.64 bits per heavy atom. The minimum atomic E-state index is -0.627. The van der Waals surface area contributed by atoms with Gasteiger partial charge in [-0.05, 0) is 42.5 Å². The third-order valence-electron chi connectivity index (χ3n) is 3.28. The van der Waals surface area contributed by atoms with E-state index in [0.717, 1.165) is 0 Å². The summed E-state index contributed by atoms with van der Waals surface area (Å²) in [5.74, 6) is -1.32. The lowest BCUT2D eigenvalue weighted by Crippen LogP contribution is -2.14. The van der Waals surface area contributed by atoms with Crippen LogP contribution in [0.4, 0.5) is 0 Å². The van der Waals surface area contributed by atoms with Crippen molar-refractivity contribution in [2.24, 2.45) is 0 Å². The van der Waals surface area contributed by atoms with Gasteiger partial charge in [-0.25, -0.2) is 0 Å². The van der Waals surface area contributed by atoms with Crippen molar-refractivity contribution in [2.45, 2.75) is 12.8 Å². The molecule has 0 atom stereocenters. The van der Waals surface area contributed by atoms with Gasteiger partial charge in [-0.1, -0.05) is 27.5 Å². The molecule has 0 bridgehead atoms. The zero-order chi connectivity index (χ0) is 18.4. The predicted molar refractivity (Wildman–Crippen MR) is 95.9 cm³/mol. The summed E-state index contributed by atoms with van der Waals surface area (Å²) in [4.78, 5) is 35.7. The Balaban J connectivity index is 2.22. The first-order valence-corrected chi connectivity index (χ1v) is 8.45. The Labute approximate surface area is 158 Å². The first-order chi connectivity index (χ1) is 11.9. The molecule has 2 rings (SSSR count). The number of methoxy groups -OCH3 is 1. The van der Waals surface area contributed by atoms with Crippen LogP contribution in [-0.2, 0) is 14.3 Å². The normalized spacial score (nSPS) is 10.2. The summed E-state index contributed by atoms with van der Waals surface area (Å²) in [6.45, 7) is 0. The van der Waals surface area contributed by atoms with Crippen LogP contribution in [0, 0.1) is 0 Å². The summed E-state index contributed by atoms with van der Waals surface area (Å²) in [6.07, 6.45) is -0.233. The highest BCUT2D eigenvalue weighted by Gasteiger charge is 2.18. The largest absolute Gasteiger partial charge is 0.469 e. The summed E-state index contributed by atoms with van der Waals surface area (Å²) in [7, 11) is 1.24. The number of hydrogen-bond acceptors (Lipinski definition) is 5. The van der Waals surface area contributed by atoms with Gasteiger partial charge in [0.05, 0.1) is 25.5 Å². The zero-order valence-electron chi connectivity index (χ0n) is 13.3. The Kier molecular flexibility index (Phi) is 6.73. The molecule has 0 radical (unpaired) electrons. The van der Waals surface area contributed by atoms with Gasteiger partial charge in [0.2, 0.25) is 0 Å². The van der Waals surface area contributed by atoms with Crippen molar-refractivity contribution in [1.82, 2.24) is 0 Å². The standard InChI is InChI=1S/C18H14BrClO5/c1-24-16(21)8-9-17(22)25-15-7-4-12(19)10-14(15)18(23)11-2-5-13(20)6-3-11/h2-7,10H,8-9H2,1H3. The first-order valence-electron chi connectivity index (χ1n) is 7.28. The lowest BCUT2D eigenvalue weighted by Gasteiger charge is -2.10. The number of ketones is 1. The third-order valence-corrected chi connectivity index (χ3v) is 4.02. The van der Waals surface area contributed by atoms with E-state index in [4.69, 9.17) is 16.3 Å². The molecule has 25 heavy (non-hydrogen) atoms. The molecule has 2 aromatic rings.